The van der Waals surface area contributed by atoms with Gasteiger partial charge in [-0.2, -0.15) is 0 Å². The van der Waals surface area contributed by atoms with Crippen molar-refractivity contribution in [2.24, 2.45) is 5.73 Å². The Morgan fingerprint density at radius 1 is 1.35 bits per heavy atom. The molecule has 0 bridgehead atoms. The summed E-state index contributed by atoms with van der Waals surface area (Å²) in [5.74, 6) is 0.0112. The highest BCUT2D eigenvalue weighted by molar-refractivity contribution is 6.30. The van der Waals surface area contributed by atoms with Crippen LogP contribution in [0.2, 0.25) is 5.02 Å². The van der Waals surface area contributed by atoms with Crippen LogP contribution >= 0.6 is 11.6 Å². The summed E-state index contributed by atoms with van der Waals surface area (Å²) in [6, 6.07) is 4.13. The van der Waals surface area contributed by atoms with Crippen LogP contribution in [0.25, 0.3) is 0 Å². The Labute approximate surface area is 102 Å². The fourth-order valence-electron chi connectivity index (χ4n) is 1.19. The quantitative estimate of drug-likeness (QED) is 0.913. The van der Waals surface area contributed by atoms with Gasteiger partial charge in [-0.1, -0.05) is 11.6 Å². The van der Waals surface area contributed by atoms with Crippen LogP contribution < -0.4 is 10.5 Å². The number of halogens is 2. The Bertz CT molecular complexity index is 536. The first-order chi connectivity index (χ1) is 8.19. The average Bonchev–Trinajstić information content (AvgIpc) is 2.34. The van der Waals surface area contributed by atoms with Crippen molar-refractivity contribution in [3.63, 3.8) is 0 Å². The lowest BCUT2D eigenvalue weighted by atomic mass is 10.3. The van der Waals surface area contributed by atoms with Gasteiger partial charge in [0.25, 0.3) is 0 Å². The smallest absolute Gasteiger partial charge is 0.238 e. The molecule has 0 aliphatic heterocycles. The highest BCUT2D eigenvalue weighted by Gasteiger charge is 2.04. The number of hydrogen-bond acceptors (Lipinski definition) is 4. The molecular weight excluding hydrogens is 245 g/mol. The summed E-state index contributed by atoms with van der Waals surface area (Å²) < 4.78 is 18.5. The third kappa shape index (κ3) is 2.89. The van der Waals surface area contributed by atoms with Crippen LogP contribution in [-0.4, -0.2) is 9.97 Å². The van der Waals surface area contributed by atoms with Gasteiger partial charge >= 0.3 is 0 Å². The lowest BCUT2D eigenvalue weighted by Crippen LogP contribution is -2.01. The largest absolute Gasteiger partial charge is 0.437 e. The molecule has 2 aromatic rings. The molecule has 0 radical (unpaired) electrons. The van der Waals surface area contributed by atoms with E-state index in [1.807, 2.05) is 0 Å². The molecule has 1 heterocycles. The molecule has 2 rings (SSSR count). The molecule has 1 aromatic carbocycles. The predicted molar refractivity (Wildman–Crippen MR) is 61.4 cm³/mol. The van der Waals surface area contributed by atoms with Gasteiger partial charge in [-0.05, 0) is 12.1 Å². The number of ether oxygens (including phenoxy) is 1. The van der Waals surface area contributed by atoms with E-state index < -0.39 is 5.82 Å². The normalized spacial score (nSPS) is 10.3. The second-order valence-corrected chi connectivity index (χ2v) is 3.64. The molecule has 0 amide bonds. The van der Waals surface area contributed by atoms with Crippen LogP contribution in [0.5, 0.6) is 11.6 Å². The zero-order valence-electron chi connectivity index (χ0n) is 8.73. The number of rotatable bonds is 3. The average molecular weight is 254 g/mol. The second-order valence-electron chi connectivity index (χ2n) is 3.23. The molecule has 4 nitrogen and oxygen atoms in total. The van der Waals surface area contributed by atoms with Crippen molar-refractivity contribution in [2.75, 3.05) is 0 Å². The van der Waals surface area contributed by atoms with E-state index in [0.717, 1.165) is 0 Å². The number of hydrogen-bond donors (Lipinski definition) is 1. The van der Waals surface area contributed by atoms with Gasteiger partial charge in [0.05, 0.1) is 16.9 Å². The summed E-state index contributed by atoms with van der Waals surface area (Å²) in [5, 5.41) is 0.0409. The van der Waals surface area contributed by atoms with Gasteiger partial charge in [-0.15, -0.1) is 0 Å². The number of benzene rings is 1. The highest BCUT2D eigenvalue weighted by atomic mass is 35.5. The molecule has 0 spiro atoms. The van der Waals surface area contributed by atoms with E-state index in [2.05, 4.69) is 9.97 Å². The Kier molecular flexibility index (Phi) is 3.51. The van der Waals surface area contributed by atoms with Crippen LogP contribution in [0.4, 0.5) is 4.39 Å². The molecule has 0 saturated heterocycles. The van der Waals surface area contributed by atoms with E-state index in [0.29, 0.717) is 11.4 Å². The Morgan fingerprint density at radius 3 is 2.88 bits per heavy atom. The summed E-state index contributed by atoms with van der Waals surface area (Å²) in [4.78, 5) is 7.98. The number of aromatic nitrogens is 2. The zero-order chi connectivity index (χ0) is 12.3. The van der Waals surface area contributed by atoms with Crippen molar-refractivity contribution in [1.29, 1.82) is 0 Å². The predicted octanol–water partition coefficient (Wildman–Crippen LogP) is 2.52. The summed E-state index contributed by atoms with van der Waals surface area (Å²) >= 11 is 5.56. The lowest BCUT2D eigenvalue weighted by Gasteiger charge is -2.05. The minimum Gasteiger partial charge on any atom is -0.437 e. The third-order valence-electron chi connectivity index (χ3n) is 1.98. The van der Waals surface area contributed by atoms with E-state index in [1.54, 1.807) is 6.07 Å². The first kappa shape index (κ1) is 11.8. The lowest BCUT2D eigenvalue weighted by molar-refractivity contribution is 0.453. The van der Waals surface area contributed by atoms with Gasteiger partial charge in [0.1, 0.15) is 11.6 Å². The third-order valence-corrected chi connectivity index (χ3v) is 2.29. The first-order valence-corrected chi connectivity index (χ1v) is 5.20. The summed E-state index contributed by atoms with van der Waals surface area (Å²) in [7, 11) is 0. The van der Waals surface area contributed by atoms with Crippen LogP contribution in [0, 0.1) is 5.82 Å². The van der Waals surface area contributed by atoms with E-state index in [4.69, 9.17) is 22.1 Å². The van der Waals surface area contributed by atoms with E-state index in [9.17, 15) is 4.39 Å². The van der Waals surface area contributed by atoms with Gasteiger partial charge in [0.15, 0.2) is 0 Å². The maximum atomic E-state index is 13.2. The maximum Gasteiger partial charge on any atom is 0.238 e. The van der Waals surface area contributed by atoms with Crippen LogP contribution in [-0.2, 0) is 6.54 Å². The monoisotopic (exact) mass is 253 g/mol. The van der Waals surface area contributed by atoms with Crippen LogP contribution in [0.15, 0.2) is 30.6 Å². The maximum absolute atomic E-state index is 13.2. The molecule has 0 fully saturated rings. The topological polar surface area (TPSA) is 61.0 Å². The molecule has 0 aliphatic rings. The Morgan fingerprint density at radius 2 is 2.18 bits per heavy atom. The zero-order valence-corrected chi connectivity index (χ0v) is 9.49. The minimum atomic E-state index is -0.549. The SMILES string of the molecule is NCc1cncc(Oc2ccc(Cl)c(F)c2)n1. The summed E-state index contributed by atoms with van der Waals surface area (Å²) in [5.41, 5.74) is 6.01. The van der Waals surface area contributed by atoms with E-state index in [-0.39, 0.29) is 17.4 Å². The molecule has 88 valence electrons. The molecule has 0 atom stereocenters. The molecule has 0 unspecified atom stereocenters. The molecule has 17 heavy (non-hydrogen) atoms. The van der Waals surface area contributed by atoms with Gasteiger partial charge in [0.2, 0.25) is 5.88 Å². The Balaban J connectivity index is 2.22. The van der Waals surface area contributed by atoms with Crippen molar-refractivity contribution in [2.45, 2.75) is 6.54 Å². The van der Waals surface area contributed by atoms with Crippen molar-refractivity contribution in [3.8, 4) is 11.6 Å². The van der Waals surface area contributed by atoms with Gasteiger partial charge < -0.3 is 10.5 Å². The molecule has 0 aliphatic carbocycles. The minimum absolute atomic E-state index is 0.0409. The fraction of sp³-hybridized carbons (Fsp3) is 0.0909. The fourth-order valence-corrected chi connectivity index (χ4v) is 1.31. The molecule has 0 saturated carbocycles. The highest BCUT2D eigenvalue weighted by Crippen LogP contribution is 2.23. The molecule has 1 aromatic heterocycles. The second kappa shape index (κ2) is 5.07. The number of nitrogens with two attached hydrogens (primary N) is 1. The number of nitrogens with zero attached hydrogens (tertiary/aromatic N) is 2. The van der Waals surface area contributed by atoms with Crippen LogP contribution in [0.3, 0.4) is 0 Å². The van der Waals surface area contributed by atoms with Crippen molar-refractivity contribution in [1.82, 2.24) is 9.97 Å². The molecular formula is C11H9ClFN3O. The van der Waals surface area contributed by atoms with Crippen LogP contribution in [0.1, 0.15) is 5.69 Å². The van der Waals surface area contributed by atoms with Crippen molar-refractivity contribution in [3.05, 3.63) is 47.1 Å². The van der Waals surface area contributed by atoms with Gasteiger partial charge in [-0.3, -0.25) is 4.98 Å². The van der Waals surface area contributed by atoms with Gasteiger partial charge in [-0.25, -0.2) is 9.37 Å². The first-order valence-electron chi connectivity index (χ1n) is 4.83. The van der Waals surface area contributed by atoms with Crippen molar-refractivity contribution < 1.29 is 9.13 Å². The summed E-state index contributed by atoms with van der Waals surface area (Å²) in [6.45, 7) is 0.263. The van der Waals surface area contributed by atoms with E-state index >= 15 is 0 Å². The standard InChI is InChI=1S/C11H9ClFN3O/c12-9-2-1-8(3-10(9)13)17-11-6-15-5-7(4-14)16-11/h1-3,5-6H,4,14H2. The van der Waals surface area contributed by atoms with E-state index in [1.165, 1.54) is 24.5 Å². The molecule has 6 heteroatoms. The summed E-state index contributed by atoms with van der Waals surface area (Å²) in [6.07, 6.45) is 2.96. The molecule has 2 N–H and O–H groups in total. The Hall–Kier alpha value is -1.72. The van der Waals surface area contributed by atoms with Crippen molar-refractivity contribution >= 4 is 11.6 Å². The van der Waals surface area contributed by atoms with Gasteiger partial charge in [0, 0.05) is 18.8 Å².